The molecule has 0 saturated heterocycles. The molecule has 2 unspecified atom stereocenters. The van der Waals surface area contributed by atoms with Crippen molar-refractivity contribution >= 4 is 5.96 Å². The molecule has 0 aromatic carbocycles. The molecule has 0 bridgehead atoms. The van der Waals surface area contributed by atoms with E-state index in [1.54, 1.807) is 0 Å². The highest BCUT2D eigenvalue weighted by Crippen LogP contribution is 1.97. The maximum absolute atomic E-state index is 4.33. The van der Waals surface area contributed by atoms with Crippen LogP contribution in [0.2, 0.25) is 0 Å². The fraction of sp³-hybridized carbons (Fsp3) is 0.889. The minimum Gasteiger partial charge on any atom is -0.354 e. The molecule has 2 atom stereocenters. The van der Waals surface area contributed by atoms with E-state index in [-0.39, 0.29) is 0 Å². The van der Waals surface area contributed by atoms with Crippen molar-refractivity contribution in [3.8, 4) is 0 Å². The predicted octanol–water partition coefficient (Wildman–Crippen LogP) is 1.11. The monoisotopic (exact) mass is 169 g/mol. The summed E-state index contributed by atoms with van der Waals surface area (Å²) in [4.78, 5) is 4.33. The van der Waals surface area contributed by atoms with Crippen molar-refractivity contribution in [2.75, 3.05) is 6.54 Å². The maximum Gasteiger partial charge on any atom is 0.191 e. The molecule has 1 aliphatic heterocycles. The third kappa shape index (κ3) is 2.72. The van der Waals surface area contributed by atoms with Crippen molar-refractivity contribution in [2.24, 2.45) is 4.99 Å². The van der Waals surface area contributed by atoms with Crippen molar-refractivity contribution in [1.82, 2.24) is 10.6 Å². The van der Waals surface area contributed by atoms with Gasteiger partial charge in [0.2, 0.25) is 0 Å². The molecule has 1 heterocycles. The second kappa shape index (κ2) is 4.33. The van der Waals surface area contributed by atoms with Crippen LogP contribution in [-0.2, 0) is 0 Å². The van der Waals surface area contributed by atoms with E-state index in [2.05, 4.69) is 36.4 Å². The maximum atomic E-state index is 4.33. The first-order valence-corrected chi connectivity index (χ1v) is 4.80. The molecule has 0 radical (unpaired) electrons. The van der Waals surface area contributed by atoms with Crippen molar-refractivity contribution < 1.29 is 0 Å². The van der Waals surface area contributed by atoms with E-state index in [1.807, 2.05) is 0 Å². The van der Waals surface area contributed by atoms with Crippen LogP contribution in [0.5, 0.6) is 0 Å². The molecule has 0 spiro atoms. The number of nitrogens with one attached hydrogen (secondary N) is 2. The van der Waals surface area contributed by atoms with Gasteiger partial charge in [-0.3, -0.25) is 4.99 Å². The predicted molar refractivity (Wildman–Crippen MR) is 52.4 cm³/mol. The van der Waals surface area contributed by atoms with Crippen molar-refractivity contribution in [2.45, 2.75) is 45.7 Å². The summed E-state index contributed by atoms with van der Waals surface area (Å²) in [6.07, 6.45) is 2.42. The van der Waals surface area contributed by atoms with Gasteiger partial charge in [-0.05, 0) is 20.3 Å². The summed E-state index contributed by atoms with van der Waals surface area (Å²) in [6, 6.07) is 1.04. The second-order valence-electron chi connectivity index (χ2n) is 3.57. The quantitative estimate of drug-likeness (QED) is 0.664. The zero-order chi connectivity index (χ0) is 8.97. The van der Waals surface area contributed by atoms with Crippen LogP contribution in [-0.4, -0.2) is 24.6 Å². The molecule has 0 fully saturated rings. The van der Waals surface area contributed by atoms with Crippen LogP contribution in [0, 0.1) is 0 Å². The van der Waals surface area contributed by atoms with E-state index in [9.17, 15) is 0 Å². The Balaban J connectivity index is 2.22. The van der Waals surface area contributed by atoms with E-state index in [1.165, 1.54) is 12.8 Å². The molecule has 12 heavy (non-hydrogen) atoms. The molecule has 0 aliphatic carbocycles. The third-order valence-corrected chi connectivity index (χ3v) is 2.01. The lowest BCUT2D eigenvalue weighted by atomic mass is 10.2. The minimum absolute atomic E-state index is 0.501. The highest BCUT2D eigenvalue weighted by atomic mass is 15.2. The van der Waals surface area contributed by atoms with E-state index < -0.39 is 0 Å². The van der Waals surface area contributed by atoms with Gasteiger partial charge in [0.15, 0.2) is 5.96 Å². The van der Waals surface area contributed by atoms with Gasteiger partial charge in [-0.25, -0.2) is 0 Å². The average molecular weight is 169 g/mol. The van der Waals surface area contributed by atoms with Crippen LogP contribution in [0.1, 0.15) is 33.6 Å². The van der Waals surface area contributed by atoms with E-state index in [0.717, 1.165) is 12.5 Å². The highest BCUT2D eigenvalue weighted by Gasteiger charge is 2.13. The molecule has 0 aromatic heterocycles. The molecule has 3 nitrogen and oxygen atoms in total. The van der Waals surface area contributed by atoms with Crippen LogP contribution in [0.25, 0.3) is 0 Å². The topological polar surface area (TPSA) is 36.4 Å². The number of aliphatic imine (C=N–C) groups is 1. The Morgan fingerprint density at radius 2 is 2.50 bits per heavy atom. The molecule has 0 aromatic rings. The number of guanidine groups is 1. The fourth-order valence-electron chi connectivity index (χ4n) is 1.38. The van der Waals surface area contributed by atoms with Gasteiger partial charge in [0.1, 0.15) is 0 Å². The summed E-state index contributed by atoms with van der Waals surface area (Å²) >= 11 is 0. The first-order valence-electron chi connectivity index (χ1n) is 4.80. The second-order valence-corrected chi connectivity index (χ2v) is 3.57. The first-order chi connectivity index (χ1) is 5.72. The molecule has 1 aliphatic rings. The molecular formula is C9H19N3. The zero-order valence-corrected chi connectivity index (χ0v) is 8.22. The molecule has 0 saturated carbocycles. The summed E-state index contributed by atoms with van der Waals surface area (Å²) in [5.74, 6) is 0.975. The Kier molecular flexibility index (Phi) is 3.38. The van der Waals surface area contributed by atoms with Crippen molar-refractivity contribution in [1.29, 1.82) is 0 Å². The Labute approximate surface area is 74.6 Å². The fourth-order valence-corrected chi connectivity index (χ4v) is 1.38. The molecule has 1 rings (SSSR count). The van der Waals surface area contributed by atoms with Gasteiger partial charge in [0.05, 0.1) is 6.54 Å². The lowest BCUT2D eigenvalue weighted by Crippen LogP contribution is -2.41. The number of hydrogen-bond donors (Lipinski definition) is 2. The van der Waals surface area contributed by atoms with Gasteiger partial charge < -0.3 is 10.6 Å². The van der Waals surface area contributed by atoms with Crippen molar-refractivity contribution in [3.05, 3.63) is 0 Å². The van der Waals surface area contributed by atoms with Crippen LogP contribution in [0.15, 0.2) is 4.99 Å². The van der Waals surface area contributed by atoms with Crippen molar-refractivity contribution in [3.63, 3.8) is 0 Å². The van der Waals surface area contributed by atoms with Crippen LogP contribution in [0.3, 0.4) is 0 Å². The standard InChI is InChI=1S/C9H19N3/c1-4-5-7(2)11-9-10-6-8(3)12-9/h7-8H,4-6H2,1-3H3,(H2,10,11,12). The number of hydrogen-bond acceptors (Lipinski definition) is 3. The lowest BCUT2D eigenvalue weighted by Gasteiger charge is -2.14. The molecule has 70 valence electrons. The lowest BCUT2D eigenvalue weighted by molar-refractivity contribution is 0.585. The van der Waals surface area contributed by atoms with Crippen LogP contribution in [0.4, 0.5) is 0 Å². The van der Waals surface area contributed by atoms with E-state index in [4.69, 9.17) is 0 Å². The average Bonchev–Trinajstić information content (AvgIpc) is 2.36. The van der Waals surface area contributed by atoms with Crippen LogP contribution < -0.4 is 10.6 Å². The Hall–Kier alpha value is -0.730. The summed E-state index contributed by atoms with van der Waals surface area (Å²) in [6.45, 7) is 7.44. The summed E-state index contributed by atoms with van der Waals surface area (Å²) in [5, 5.41) is 6.63. The van der Waals surface area contributed by atoms with Gasteiger partial charge in [-0.2, -0.15) is 0 Å². The summed E-state index contributed by atoms with van der Waals surface area (Å²) < 4.78 is 0. The summed E-state index contributed by atoms with van der Waals surface area (Å²) in [5.41, 5.74) is 0. The van der Waals surface area contributed by atoms with Gasteiger partial charge in [0.25, 0.3) is 0 Å². The number of rotatable bonds is 3. The Morgan fingerprint density at radius 3 is 3.00 bits per heavy atom. The zero-order valence-electron chi connectivity index (χ0n) is 8.22. The molecular weight excluding hydrogens is 150 g/mol. The highest BCUT2D eigenvalue weighted by molar-refractivity contribution is 5.81. The molecule has 2 N–H and O–H groups in total. The largest absolute Gasteiger partial charge is 0.354 e. The Morgan fingerprint density at radius 1 is 1.75 bits per heavy atom. The van der Waals surface area contributed by atoms with Gasteiger partial charge >= 0.3 is 0 Å². The van der Waals surface area contributed by atoms with Gasteiger partial charge in [-0.15, -0.1) is 0 Å². The normalized spacial score (nSPS) is 24.6. The number of nitrogens with zero attached hydrogens (tertiary/aromatic N) is 1. The Bertz CT molecular complexity index is 165. The van der Waals surface area contributed by atoms with E-state index in [0.29, 0.717) is 12.1 Å². The molecule has 0 amide bonds. The first kappa shape index (κ1) is 9.36. The summed E-state index contributed by atoms with van der Waals surface area (Å²) in [7, 11) is 0. The van der Waals surface area contributed by atoms with Gasteiger partial charge in [0, 0.05) is 12.1 Å². The SMILES string of the molecule is CCCC(C)NC1=NCC(C)N1. The third-order valence-electron chi connectivity index (χ3n) is 2.01. The smallest absolute Gasteiger partial charge is 0.191 e. The minimum atomic E-state index is 0.501. The van der Waals surface area contributed by atoms with E-state index >= 15 is 0 Å². The molecule has 3 heteroatoms. The van der Waals surface area contributed by atoms with Crippen LogP contribution >= 0.6 is 0 Å². The van der Waals surface area contributed by atoms with Gasteiger partial charge in [-0.1, -0.05) is 13.3 Å².